The summed E-state index contributed by atoms with van der Waals surface area (Å²) in [6.07, 6.45) is 1.62. The minimum absolute atomic E-state index is 0.0381. The third-order valence-corrected chi connectivity index (χ3v) is 5.67. The number of hydrogen-bond donors (Lipinski definition) is 2. The number of piperidine rings is 1. The molecule has 1 heterocycles. The van der Waals surface area contributed by atoms with Crippen molar-refractivity contribution in [3.63, 3.8) is 0 Å². The number of carbonyl (C=O) groups is 3. The van der Waals surface area contributed by atoms with Crippen molar-refractivity contribution in [1.82, 2.24) is 15.5 Å². The van der Waals surface area contributed by atoms with Gasteiger partial charge in [0.25, 0.3) is 5.91 Å². The van der Waals surface area contributed by atoms with E-state index in [4.69, 9.17) is 0 Å². The number of likely N-dealkylation sites (tertiary alicyclic amines) is 1. The van der Waals surface area contributed by atoms with E-state index in [0.717, 1.165) is 31.5 Å². The Morgan fingerprint density at radius 2 is 1.65 bits per heavy atom. The van der Waals surface area contributed by atoms with E-state index >= 15 is 0 Å². The Morgan fingerprint density at radius 3 is 2.26 bits per heavy atom. The molecule has 0 aromatic heterocycles. The fourth-order valence-corrected chi connectivity index (χ4v) is 3.67. The highest BCUT2D eigenvalue weighted by Crippen LogP contribution is 2.14. The van der Waals surface area contributed by atoms with Gasteiger partial charge in [-0.2, -0.15) is 0 Å². The summed E-state index contributed by atoms with van der Waals surface area (Å²) in [6.45, 7) is 3.80. The van der Waals surface area contributed by atoms with Crippen LogP contribution in [0.2, 0.25) is 0 Å². The van der Waals surface area contributed by atoms with Crippen LogP contribution in [-0.2, 0) is 16.1 Å². The van der Waals surface area contributed by atoms with Gasteiger partial charge in [0, 0.05) is 31.2 Å². The van der Waals surface area contributed by atoms with Gasteiger partial charge in [0.1, 0.15) is 0 Å². The molecule has 0 radical (unpaired) electrons. The van der Waals surface area contributed by atoms with Crippen molar-refractivity contribution in [1.29, 1.82) is 0 Å². The Hall–Kier alpha value is -3.19. The maximum absolute atomic E-state index is 12.6. The highest BCUT2D eigenvalue weighted by molar-refractivity contribution is 5.94. The molecule has 7 nitrogen and oxygen atoms in total. The Labute approximate surface area is 182 Å². The van der Waals surface area contributed by atoms with E-state index in [1.54, 1.807) is 36.4 Å². The predicted molar refractivity (Wildman–Crippen MR) is 118 cm³/mol. The number of nitrogens with zero attached hydrogens (tertiary/aromatic N) is 1. The summed E-state index contributed by atoms with van der Waals surface area (Å²) in [5, 5.41) is 6.05. The first-order chi connectivity index (χ1) is 15.0. The van der Waals surface area contributed by atoms with E-state index in [9.17, 15) is 14.4 Å². The molecule has 7 heteroatoms. The lowest BCUT2D eigenvalue weighted by Gasteiger charge is -2.35. The van der Waals surface area contributed by atoms with Gasteiger partial charge in [0.05, 0.1) is 18.7 Å². The van der Waals surface area contributed by atoms with Crippen LogP contribution in [0.25, 0.3) is 0 Å². The zero-order valence-electron chi connectivity index (χ0n) is 18.0. The summed E-state index contributed by atoms with van der Waals surface area (Å²) in [5.74, 6) is -0.473. The molecule has 1 aliphatic heterocycles. The highest BCUT2D eigenvalue weighted by atomic mass is 16.5. The fourth-order valence-electron chi connectivity index (χ4n) is 3.67. The van der Waals surface area contributed by atoms with Gasteiger partial charge in [-0.25, -0.2) is 4.79 Å². The van der Waals surface area contributed by atoms with Gasteiger partial charge in [0.2, 0.25) is 5.91 Å². The molecular weight excluding hydrogens is 394 g/mol. The zero-order valence-corrected chi connectivity index (χ0v) is 18.0. The van der Waals surface area contributed by atoms with E-state index in [-0.39, 0.29) is 29.9 Å². The first-order valence-electron chi connectivity index (χ1n) is 10.5. The second-order valence-corrected chi connectivity index (χ2v) is 7.73. The molecule has 0 aliphatic carbocycles. The van der Waals surface area contributed by atoms with Crippen molar-refractivity contribution in [3.05, 3.63) is 71.3 Å². The van der Waals surface area contributed by atoms with Gasteiger partial charge in [0.15, 0.2) is 0 Å². The number of ether oxygens (including phenoxy) is 1. The van der Waals surface area contributed by atoms with Gasteiger partial charge in [-0.05, 0) is 49.6 Å². The Morgan fingerprint density at radius 1 is 1.00 bits per heavy atom. The standard InChI is InChI=1S/C24H29N3O4/c1-17(22(28)25-16-18-8-10-20(11-9-18)24(30)31-2)27-14-12-21(13-15-27)26-23(29)19-6-4-3-5-7-19/h3-11,17,21H,12-16H2,1-2H3,(H,25,28)(H,26,29). The summed E-state index contributed by atoms with van der Waals surface area (Å²) < 4.78 is 4.69. The summed E-state index contributed by atoms with van der Waals surface area (Å²) in [6, 6.07) is 16.1. The Bertz CT molecular complexity index is 891. The molecule has 164 valence electrons. The van der Waals surface area contributed by atoms with Crippen molar-refractivity contribution in [2.45, 2.75) is 38.4 Å². The molecule has 2 aromatic rings. The lowest BCUT2D eigenvalue weighted by molar-refractivity contribution is -0.126. The number of hydrogen-bond acceptors (Lipinski definition) is 5. The van der Waals surface area contributed by atoms with Gasteiger partial charge in [-0.1, -0.05) is 30.3 Å². The van der Waals surface area contributed by atoms with E-state index in [1.807, 2.05) is 25.1 Å². The van der Waals surface area contributed by atoms with E-state index < -0.39 is 0 Å². The summed E-state index contributed by atoms with van der Waals surface area (Å²) in [7, 11) is 1.35. The lowest BCUT2D eigenvalue weighted by atomic mass is 10.0. The minimum Gasteiger partial charge on any atom is -0.465 e. The van der Waals surface area contributed by atoms with E-state index in [2.05, 4.69) is 20.3 Å². The van der Waals surface area contributed by atoms with Crippen LogP contribution in [0, 0.1) is 0 Å². The normalized spacial score (nSPS) is 15.7. The van der Waals surface area contributed by atoms with Crippen LogP contribution in [0.15, 0.2) is 54.6 Å². The summed E-state index contributed by atoms with van der Waals surface area (Å²) >= 11 is 0. The number of methoxy groups -OCH3 is 1. The molecule has 1 fully saturated rings. The van der Waals surface area contributed by atoms with Crippen LogP contribution in [0.4, 0.5) is 0 Å². The largest absolute Gasteiger partial charge is 0.465 e. The Kier molecular flexibility index (Phi) is 7.78. The molecule has 1 aliphatic rings. The first kappa shape index (κ1) is 22.5. The van der Waals surface area contributed by atoms with Crippen molar-refractivity contribution in [2.24, 2.45) is 0 Å². The summed E-state index contributed by atoms with van der Waals surface area (Å²) in [4.78, 5) is 38.5. The predicted octanol–water partition coefficient (Wildman–Crippen LogP) is 2.37. The van der Waals surface area contributed by atoms with Gasteiger partial charge in [-0.15, -0.1) is 0 Å². The first-order valence-corrected chi connectivity index (χ1v) is 10.5. The molecular formula is C24H29N3O4. The average Bonchev–Trinajstić information content (AvgIpc) is 2.83. The molecule has 0 bridgehead atoms. The maximum atomic E-state index is 12.6. The average molecular weight is 424 g/mol. The van der Waals surface area contributed by atoms with Crippen LogP contribution in [0.5, 0.6) is 0 Å². The summed E-state index contributed by atoms with van der Waals surface area (Å²) in [5.41, 5.74) is 2.06. The number of amides is 2. The number of carbonyl (C=O) groups excluding carboxylic acids is 3. The Balaban J connectivity index is 1.42. The topological polar surface area (TPSA) is 87.7 Å². The molecule has 0 saturated carbocycles. The molecule has 2 amide bonds. The van der Waals surface area contributed by atoms with Crippen LogP contribution >= 0.6 is 0 Å². The van der Waals surface area contributed by atoms with Crippen LogP contribution in [0.1, 0.15) is 46.0 Å². The SMILES string of the molecule is COC(=O)c1ccc(CNC(=O)C(C)N2CCC(NC(=O)c3ccccc3)CC2)cc1. The second kappa shape index (κ2) is 10.7. The molecule has 1 unspecified atom stereocenters. The maximum Gasteiger partial charge on any atom is 0.337 e. The lowest BCUT2D eigenvalue weighted by Crippen LogP contribution is -2.51. The van der Waals surface area contributed by atoms with Crippen LogP contribution in [-0.4, -0.2) is 55.0 Å². The van der Waals surface area contributed by atoms with Crippen molar-refractivity contribution < 1.29 is 19.1 Å². The number of nitrogens with one attached hydrogen (secondary N) is 2. The van der Waals surface area contributed by atoms with Crippen molar-refractivity contribution in [2.75, 3.05) is 20.2 Å². The molecule has 0 spiro atoms. The number of esters is 1. The van der Waals surface area contributed by atoms with Crippen LogP contribution in [0.3, 0.4) is 0 Å². The molecule has 2 N–H and O–H groups in total. The molecule has 2 aromatic carbocycles. The van der Waals surface area contributed by atoms with E-state index in [0.29, 0.717) is 17.7 Å². The molecule has 1 atom stereocenters. The van der Waals surface area contributed by atoms with Gasteiger partial charge < -0.3 is 15.4 Å². The molecule has 3 rings (SSSR count). The minimum atomic E-state index is -0.382. The zero-order chi connectivity index (χ0) is 22.2. The van der Waals surface area contributed by atoms with Crippen molar-refractivity contribution in [3.8, 4) is 0 Å². The number of rotatable bonds is 7. The highest BCUT2D eigenvalue weighted by Gasteiger charge is 2.27. The van der Waals surface area contributed by atoms with Crippen molar-refractivity contribution >= 4 is 17.8 Å². The third kappa shape index (κ3) is 6.15. The third-order valence-electron chi connectivity index (χ3n) is 5.67. The quantitative estimate of drug-likeness (QED) is 0.668. The number of benzene rings is 2. The monoisotopic (exact) mass is 423 g/mol. The van der Waals surface area contributed by atoms with Gasteiger partial charge in [-0.3, -0.25) is 14.5 Å². The fraction of sp³-hybridized carbons (Fsp3) is 0.375. The van der Waals surface area contributed by atoms with Gasteiger partial charge >= 0.3 is 5.97 Å². The van der Waals surface area contributed by atoms with E-state index in [1.165, 1.54) is 7.11 Å². The second-order valence-electron chi connectivity index (χ2n) is 7.73. The van der Waals surface area contributed by atoms with Crippen LogP contribution < -0.4 is 10.6 Å². The molecule has 31 heavy (non-hydrogen) atoms. The molecule has 1 saturated heterocycles. The smallest absolute Gasteiger partial charge is 0.337 e.